The van der Waals surface area contributed by atoms with Gasteiger partial charge in [0.2, 0.25) is 12.4 Å². The van der Waals surface area contributed by atoms with Gasteiger partial charge in [0.05, 0.1) is 17.3 Å². The Kier molecular flexibility index (Phi) is 9.46. The van der Waals surface area contributed by atoms with Crippen LogP contribution in [0.4, 0.5) is 11.6 Å². The van der Waals surface area contributed by atoms with E-state index in [1.807, 2.05) is 23.0 Å². The molecule has 0 aromatic carbocycles. The van der Waals surface area contributed by atoms with Gasteiger partial charge in [0.15, 0.2) is 5.65 Å². The van der Waals surface area contributed by atoms with Crippen molar-refractivity contribution in [2.24, 2.45) is 5.73 Å². The first-order valence-electron chi connectivity index (χ1n) is 11.4. The van der Waals surface area contributed by atoms with Crippen molar-refractivity contribution in [3.05, 3.63) is 46.8 Å². The van der Waals surface area contributed by atoms with E-state index in [0.717, 1.165) is 40.4 Å². The zero-order chi connectivity index (χ0) is 24.5. The summed E-state index contributed by atoms with van der Waals surface area (Å²) in [6.07, 6.45) is 9.35. The third-order valence-electron chi connectivity index (χ3n) is 5.27. The molecule has 1 aliphatic heterocycles. The van der Waals surface area contributed by atoms with Crippen LogP contribution in [0.1, 0.15) is 38.7 Å². The smallest absolute Gasteiger partial charge is 0.322 e. The molecule has 1 saturated heterocycles. The van der Waals surface area contributed by atoms with Crippen molar-refractivity contribution in [3.8, 4) is 0 Å². The van der Waals surface area contributed by atoms with Gasteiger partial charge in [-0.15, -0.1) is 0 Å². The van der Waals surface area contributed by atoms with Crippen LogP contribution in [0.25, 0.3) is 5.65 Å². The molecule has 1 aliphatic rings. The number of esters is 1. The number of carbonyl (C=O) groups is 1. The summed E-state index contributed by atoms with van der Waals surface area (Å²) < 4.78 is 8.96. The van der Waals surface area contributed by atoms with Crippen molar-refractivity contribution in [2.45, 2.75) is 45.7 Å². The fraction of sp³-hybridized carbons (Fsp3) is 0.478. The lowest BCUT2D eigenvalue weighted by Gasteiger charge is -2.28. The summed E-state index contributed by atoms with van der Waals surface area (Å²) in [5, 5.41) is 7.94. The molecule has 1 unspecified atom stereocenters. The zero-order valence-corrected chi connectivity index (χ0v) is 21.5. The van der Waals surface area contributed by atoms with Crippen molar-refractivity contribution in [2.75, 3.05) is 37.0 Å². The van der Waals surface area contributed by atoms with Crippen molar-refractivity contribution in [1.82, 2.24) is 14.6 Å². The van der Waals surface area contributed by atoms with E-state index in [1.54, 1.807) is 31.9 Å². The Morgan fingerprint density at radius 3 is 2.76 bits per heavy atom. The molecule has 3 aromatic rings. The zero-order valence-electron chi connectivity index (χ0n) is 19.9. The second-order valence-corrected chi connectivity index (χ2v) is 8.78. The van der Waals surface area contributed by atoms with Crippen LogP contribution in [0.2, 0.25) is 0 Å². The first-order chi connectivity index (χ1) is 16.4. The van der Waals surface area contributed by atoms with Crippen molar-refractivity contribution >= 4 is 39.2 Å². The highest BCUT2D eigenvalue weighted by atomic mass is 79.9. The molecule has 0 amide bonds. The average molecular weight is 535 g/mol. The summed E-state index contributed by atoms with van der Waals surface area (Å²) in [6.45, 7) is 6.53. The van der Waals surface area contributed by atoms with Gasteiger partial charge in [-0.2, -0.15) is 9.61 Å². The third kappa shape index (κ3) is 6.80. The lowest BCUT2D eigenvalue weighted by atomic mass is 10.1. The molecule has 184 valence electrons. The van der Waals surface area contributed by atoms with Crippen LogP contribution in [0.15, 0.2) is 41.3 Å². The highest BCUT2D eigenvalue weighted by Crippen LogP contribution is 2.26. The van der Waals surface area contributed by atoms with Crippen LogP contribution in [0, 0.1) is 0 Å². The number of rotatable bonds is 7. The SMILES string of the molecule is CCOC(=O)C(C)N.CO[n+]1cccc(CNc2cc(N3CCCCC3)nc3c(Br)cnn23)c1. The predicted octanol–water partition coefficient (Wildman–Crippen LogP) is 2.34. The van der Waals surface area contributed by atoms with E-state index in [9.17, 15) is 4.79 Å². The third-order valence-corrected chi connectivity index (χ3v) is 5.83. The molecule has 0 bridgehead atoms. The molecule has 4 rings (SSSR count). The normalized spacial score (nSPS) is 14.2. The highest BCUT2D eigenvalue weighted by Gasteiger charge is 2.17. The molecule has 3 N–H and O–H groups in total. The number of anilines is 2. The Morgan fingerprint density at radius 2 is 2.12 bits per heavy atom. The number of pyridine rings is 1. The van der Waals surface area contributed by atoms with E-state index >= 15 is 0 Å². The molecule has 0 spiro atoms. The number of nitrogens with two attached hydrogens (primary N) is 1. The number of hydrogen-bond donors (Lipinski definition) is 2. The molecule has 3 aromatic heterocycles. The van der Waals surface area contributed by atoms with E-state index in [1.165, 1.54) is 19.3 Å². The Morgan fingerprint density at radius 1 is 1.35 bits per heavy atom. The molecular weight excluding hydrogens is 502 g/mol. The Hall–Kier alpha value is -2.92. The fourth-order valence-corrected chi connectivity index (χ4v) is 3.87. The first-order valence-corrected chi connectivity index (χ1v) is 12.2. The second kappa shape index (κ2) is 12.5. The van der Waals surface area contributed by atoms with Gasteiger partial charge in [0, 0.05) is 42.1 Å². The van der Waals surface area contributed by atoms with E-state index < -0.39 is 6.04 Å². The Bertz CT molecular complexity index is 1080. The predicted molar refractivity (Wildman–Crippen MR) is 134 cm³/mol. The van der Waals surface area contributed by atoms with Gasteiger partial charge in [0.1, 0.15) is 24.8 Å². The summed E-state index contributed by atoms with van der Waals surface area (Å²) in [5.41, 5.74) is 7.09. The van der Waals surface area contributed by atoms with Crippen LogP contribution >= 0.6 is 15.9 Å². The van der Waals surface area contributed by atoms with Gasteiger partial charge in [-0.25, -0.2) is 4.98 Å². The molecule has 11 heteroatoms. The number of halogens is 1. The van der Waals surface area contributed by atoms with Gasteiger partial charge in [-0.3, -0.25) is 9.63 Å². The molecule has 1 atom stereocenters. The van der Waals surface area contributed by atoms with E-state index in [4.69, 9.17) is 15.6 Å². The van der Waals surface area contributed by atoms with Gasteiger partial charge in [0.25, 0.3) is 0 Å². The first kappa shape index (κ1) is 25.7. The van der Waals surface area contributed by atoms with Gasteiger partial charge in [-0.05, 0) is 55.1 Å². The average Bonchev–Trinajstić information content (AvgIpc) is 3.24. The minimum absolute atomic E-state index is 0.340. The van der Waals surface area contributed by atoms with Crippen LogP contribution < -0.4 is 25.5 Å². The maximum absolute atomic E-state index is 10.4. The monoisotopic (exact) mass is 534 g/mol. The molecule has 10 nitrogen and oxygen atoms in total. The minimum Gasteiger partial charge on any atom is -0.465 e. The van der Waals surface area contributed by atoms with Crippen LogP contribution in [0.5, 0.6) is 0 Å². The van der Waals surface area contributed by atoms with Gasteiger partial charge in [-0.1, -0.05) is 0 Å². The summed E-state index contributed by atoms with van der Waals surface area (Å²) in [4.78, 5) is 22.8. The number of fused-ring (bicyclic) bond motifs is 1. The molecule has 34 heavy (non-hydrogen) atoms. The minimum atomic E-state index is -0.491. The largest absolute Gasteiger partial charge is 0.465 e. The van der Waals surface area contributed by atoms with E-state index in [-0.39, 0.29) is 5.97 Å². The standard InChI is InChI=1S/C18H22BrN6O.C5H11NO2/c1-26-24-9-5-6-14(13-24)11-20-16-10-17(23-7-3-2-4-8-23)22-18-15(19)12-21-25(16)18;1-3-8-5(7)4(2)6/h5-6,9-10,12-13,20H,2-4,7-8,11H2,1H3;4H,3,6H2,1-2H3/q+1;. The molecule has 1 fully saturated rings. The number of ether oxygens (including phenoxy) is 1. The van der Waals surface area contributed by atoms with Crippen LogP contribution in [-0.4, -0.2) is 53.4 Å². The number of aromatic nitrogens is 4. The molecule has 0 saturated carbocycles. The van der Waals surface area contributed by atoms with Gasteiger partial charge < -0.3 is 20.7 Å². The quantitative estimate of drug-likeness (QED) is 0.351. The topological polar surface area (TPSA) is 111 Å². The second-order valence-electron chi connectivity index (χ2n) is 7.92. The Labute approximate surface area is 208 Å². The van der Waals surface area contributed by atoms with E-state index in [2.05, 4.69) is 48.1 Å². The van der Waals surface area contributed by atoms with Crippen molar-refractivity contribution in [1.29, 1.82) is 0 Å². The Balaban J connectivity index is 0.000000350. The number of piperidine rings is 1. The molecular formula is C23H33BrN7O3+. The number of hydrogen-bond acceptors (Lipinski definition) is 8. The number of nitrogens with zero attached hydrogens (tertiary/aromatic N) is 5. The number of nitrogens with one attached hydrogen (secondary N) is 1. The highest BCUT2D eigenvalue weighted by molar-refractivity contribution is 9.10. The molecule has 0 radical (unpaired) electrons. The summed E-state index contributed by atoms with van der Waals surface area (Å²) >= 11 is 3.56. The fourth-order valence-electron chi connectivity index (χ4n) is 3.52. The van der Waals surface area contributed by atoms with Crippen LogP contribution in [-0.2, 0) is 16.1 Å². The summed E-state index contributed by atoms with van der Waals surface area (Å²) in [5.74, 6) is 1.59. The number of carbonyl (C=O) groups excluding carboxylic acids is 1. The lowest BCUT2D eigenvalue weighted by Crippen LogP contribution is -2.40. The maximum atomic E-state index is 10.4. The summed E-state index contributed by atoms with van der Waals surface area (Å²) in [7, 11) is 1.65. The lowest BCUT2D eigenvalue weighted by molar-refractivity contribution is -0.885. The van der Waals surface area contributed by atoms with Crippen molar-refractivity contribution in [3.63, 3.8) is 0 Å². The molecule has 4 heterocycles. The maximum Gasteiger partial charge on any atom is 0.322 e. The van der Waals surface area contributed by atoms with Crippen molar-refractivity contribution < 1.29 is 19.1 Å². The summed E-state index contributed by atoms with van der Waals surface area (Å²) in [6, 6.07) is 5.62. The molecule has 0 aliphatic carbocycles. The van der Waals surface area contributed by atoms with Gasteiger partial charge >= 0.3 is 5.97 Å². The van der Waals surface area contributed by atoms with Crippen LogP contribution in [0.3, 0.4) is 0 Å². The van der Waals surface area contributed by atoms with E-state index in [0.29, 0.717) is 13.2 Å².